The maximum atomic E-state index is 13.2. The Kier molecular flexibility index (Phi) is 3.70. The van der Waals surface area contributed by atoms with Crippen LogP contribution in [0.4, 0.5) is 4.39 Å². The zero-order chi connectivity index (χ0) is 12.1. The molecule has 0 saturated carbocycles. The van der Waals surface area contributed by atoms with Gasteiger partial charge in [-0.2, -0.15) is 0 Å². The molecule has 2 aromatic rings. The average Bonchev–Trinajstić information content (AvgIpc) is 2.35. The van der Waals surface area contributed by atoms with Crippen molar-refractivity contribution in [2.75, 3.05) is 6.61 Å². The summed E-state index contributed by atoms with van der Waals surface area (Å²) in [7, 11) is 0. The molecule has 1 aromatic carbocycles. The lowest BCUT2D eigenvalue weighted by molar-refractivity contribution is 0.320. The molecule has 0 unspecified atom stereocenters. The molecule has 0 radical (unpaired) electrons. The summed E-state index contributed by atoms with van der Waals surface area (Å²) in [4.78, 5) is 4.02. The molecule has 1 heterocycles. The number of hydrogen-bond donors (Lipinski definition) is 0. The van der Waals surface area contributed by atoms with E-state index in [-0.39, 0.29) is 5.82 Å². The Morgan fingerprint density at radius 3 is 2.88 bits per heavy atom. The largest absolute Gasteiger partial charge is 0.493 e. The average molecular weight is 231 g/mol. The third-order valence-electron chi connectivity index (χ3n) is 2.53. The SMILES string of the molecule is Cc1ccc(OCCc2cccnc2)cc1F. The summed E-state index contributed by atoms with van der Waals surface area (Å²) >= 11 is 0. The van der Waals surface area contributed by atoms with Crippen LogP contribution in [0.15, 0.2) is 42.7 Å². The van der Waals surface area contributed by atoms with Crippen molar-refractivity contribution in [2.24, 2.45) is 0 Å². The quantitative estimate of drug-likeness (QED) is 0.806. The molecule has 0 aliphatic heterocycles. The van der Waals surface area contributed by atoms with Crippen LogP contribution < -0.4 is 4.74 Å². The second-order valence-corrected chi connectivity index (χ2v) is 3.87. The molecule has 0 atom stereocenters. The summed E-state index contributed by atoms with van der Waals surface area (Å²) in [5.74, 6) is 0.334. The first-order valence-corrected chi connectivity index (χ1v) is 5.53. The molecule has 0 N–H and O–H groups in total. The molecule has 0 aliphatic carbocycles. The maximum Gasteiger partial charge on any atom is 0.129 e. The van der Waals surface area contributed by atoms with Gasteiger partial charge in [-0.05, 0) is 30.2 Å². The van der Waals surface area contributed by atoms with Crippen LogP contribution in [0, 0.1) is 12.7 Å². The molecule has 88 valence electrons. The van der Waals surface area contributed by atoms with Crippen LogP contribution in [0.3, 0.4) is 0 Å². The highest BCUT2D eigenvalue weighted by Crippen LogP contribution is 2.16. The van der Waals surface area contributed by atoms with Crippen molar-refractivity contribution in [1.82, 2.24) is 4.98 Å². The number of halogens is 1. The van der Waals surface area contributed by atoms with Crippen LogP contribution in [-0.4, -0.2) is 11.6 Å². The lowest BCUT2D eigenvalue weighted by Crippen LogP contribution is -2.02. The van der Waals surface area contributed by atoms with E-state index in [0.717, 1.165) is 12.0 Å². The van der Waals surface area contributed by atoms with Gasteiger partial charge in [-0.1, -0.05) is 12.1 Å². The van der Waals surface area contributed by atoms with Gasteiger partial charge in [0.2, 0.25) is 0 Å². The van der Waals surface area contributed by atoms with E-state index in [1.807, 2.05) is 12.1 Å². The van der Waals surface area contributed by atoms with Gasteiger partial charge in [-0.3, -0.25) is 4.98 Å². The van der Waals surface area contributed by atoms with Gasteiger partial charge in [0.05, 0.1) is 6.61 Å². The standard InChI is InChI=1S/C14H14FNO/c1-11-4-5-13(9-14(11)15)17-8-6-12-3-2-7-16-10-12/h2-5,7,9-10H,6,8H2,1H3. The highest BCUT2D eigenvalue weighted by Gasteiger charge is 2.00. The van der Waals surface area contributed by atoms with E-state index in [1.165, 1.54) is 6.07 Å². The van der Waals surface area contributed by atoms with Gasteiger partial charge in [0.1, 0.15) is 11.6 Å². The van der Waals surface area contributed by atoms with Gasteiger partial charge in [-0.25, -0.2) is 4.39 Å². The first kappa shape index (κ1) is 11.6. The van der Waals surface area contributed by atoms with Crippen molar-refractivity contribution >= 4 is 0 Å². The zero-order valence-corrected chi connectivity index (χ0v) is 9.69. The number of rotatable bonds is 4. The minimum atomic E-state index is -0.233. The monoisotopic (exact) mass is 231 g/mol. The fourth-order valence-electron chi connectivity index (χ4n) is 1.50. The third kappa shape index (κ3) is 3.28. The Morgan fingerprint density at radius 1 is 1.29 bits per heavy atom. The number of benzene rings is 1. The molecule has 0 aliphatic rings. The third-order valence-corrected chi connectivity index (χ3v) is 2.53. The molecular formula is C14H14FNO. The van der Waals surface area contributed by atoms with Gasteiger partial charge in [0, 0.05) is 24.9 Å². The van der Waals surface area contributed by atoms with Gasteiger partial charge < -0.3 is 4.74 Å². The minimum absolute atomic E-state index is 0.233. The molecule has 17 heavy (non-hydrogen) atoms. The van der Waals surface area contributed by atoms with Crippen molar-refractivity contribution < 1.29 is 9.13 Å². The normalized spacial score (nSPS) is 10.2. The molecule has 0 bridgehead atoms. The number of ether oxygens (including phenoxy) is 1. The van der Waals surface area contributed by atoms with Crippen LogP contribution in [0.5, 0.6) is 5.75 Å². The molecule has 3 heteroatoms. The predicted octanol–water partition coefficient (Wildman–Crippen LogP) is 3.15. The summed E-state index contributed by atoms with van der Waals surface area (Å²) in [6, 6.07) is 8.79. The van der Waals surface area contributed by atoms with Crippen LogP contribution in [0.2, 0.25) is 0 Å². The van der Waals surface area contributed by atoms with E-state index in [4.69, 9.17) is 4.74 Å². The fraction of sp³-hybridized carbons (Fsp3) is 0.214. The first-order chi connectivity index (χ1) is 8.25. The summed E-state index contributed by atoms with van der Waals surface area (Å²) in [6.45, 7) is 2.25. The highest BCUT2D eigenvalue weighted by atomic mass is 19.1. The maximum absolute atomic E-state index is 13.2. The first-order valence-electron chi connectivity index (χ1n) is 5.53. The predicted molar refractivity (Wildman–Crippen MR) is 64.6 cm³/mol. The van der Waals surface area contributed by atoms with Gasteiger partial charge in [-0.15, -0.1) is 0 Å². The molecule has 0 fully saturated rings. The van der Waals surface area contributed by atoms with E-state index >= 15 is 0 Å². The Morgan fingerprint density at radius 2 is 2.18 bits per heavy atom. The van der Waals surface area contributed by atoms with Crippen molar-refractivity contribution in [1.29, 1.82) is 0 Å². The number of aryl methyl sites for hydroxylation is 1. The van der Waals surface area contributed by atoms with Gasteiger partial charge in [0.25, 0.3) is 0 Å². The number of pyridine rings is 1. The van der Waals surface area contributed by atoms with Gasteiger partial charge in [0.15, 0.2) is 0 Å². The summed E-state index contributed by atoms with van der Waals surface area (Å²) < 4.78 is 18.7. The van der Waals surface area contributed by atoms with Crippen LogP contribution in [0.25, 0.3) is 0 Å². The van der Waals surface area contributed by atoms with Crippen LogP contribution in [0.1, 0.15) is 11.1 Å². The molecular weight excluding hydrogens is 217 g/mol. The topological polar surface area (TPSA) is 22.1 Å². The Bertz CT molecular complexity index is 485. The number of hydrogen-bond acceptors (Lipinski definition) is 2. The number of nitrogens with zero attached hydrogens (tertiary/aromatic N) is 1. The Hall–Kier alpha value is -1.90. The molecule has 1 aromatic heterocycles. The highest BCUT2D eigenvalue weighted by molar-refractivity contribution is 5.28. The molecule has 0 saturated heterocycles. The number of aromatic nitrogens is 1. The smallest absolute Gasteiger partial charge is 0.129 e. The van der Waals surface area contributed by atoms with Crippen molar-refractivity contribution in [3.05, 3.63) is 59.7 Å². The molecule has 2 rings (SSSR count). The minimum Gasteiger partial charge on any atom is -0.493 e. The Balaban J connectivity index is 1.88. The Labute approximate surface area is 100 Å². The zero-order valence-electron chi connectivity index (χ0n) is 9.69. The second-order valence-electron chi connectivity index (χ2n) is 3.87. The van der Waals surface area contributed by atoms with Crippen molar-refractivity contribution in [3.63, 3.8) is 0 Å². The fourth-order valence-corrected chi connectivity index (χ4v) is 1.50. The van der Waals surface area contributed by atoms with Crippen LogP contribution in [-0.2, 0) is 6.42 Å². The lowest BCUT2D eigenvalue weighted by atomic mass is 10.2. The van der Waals surface area contributed by atoms with Crippen LogP contribution >= 0.6 is 0 Å². The molecule has 2 nitrogen and oxygen atoms in total. The van der Waals surface area contributed by atoms with E-state index in [9.17, 15) is 4.39 Å². The van der Waals surface area contributed by atoms with E-state index < -0.39 is 0 Å². The summed E-state index contributed by atoms with van der Waals surface area (Å²) in [5.41, 5.74) is 1.74. The summed E-state index contributed by atoms with van der Waals surface area (Å²) in [6.07, 6.45) is 4.31. The van der Waals surface area contributed by atoms with E-state index in [2.05, 4.69) is 4.98 Å². The van der Waals surface area contributed by atoms with Crippen molar-refractivity contribution in [2.45, 2.75) is 13.3 Å². The van der Waals surface area contributed by atoms with Crippen molar-refractivity contribution in [3.8, 4) is 5.75 Å². The second kappa shape index (κ2) is 5.43. The summed E-state index contributed by atoms with van der Waals surface area (Å²) in [5, 5.41) is 0. The van der Waals surface area contributed by atoms with E-state index in [1.54, 1.807) is 31.5 Å². The lowest BCUT2D eigenvalue weighted by Gasteiger charge is -2.06. The molecule has 0 spiro atoms. The van der Waals surface area contributed by atoms with Gasteiger partial charge >= 0.3 is 0 Å². The molecule has 0 amide bonds. The van der Waals surface area contributed by atoms with E-state index in [0.29, 0.717) is 17.9 Å².